The third kappa shape index (κ3) is 2.71. The van der Waals surface area contributed by atoms with Gasteiger partial charge in [0.05, 0.1) is 5.75 Å². The van der Waals surface area contributed by atoms with E-state index in [1.165, 1.54) is 24.6 Å². The number of hydrogen-bond donors (Lipinski definition) is 1. The molecule has 7 heteroatoms. The Balaban J connectivity index is 2.14. The highest BCUT2D eigenvalue weighted by Crippen LogP contribution is 2.24. The Labute approximate surface area is 104 Å². The van der Waals surface area contributed by atoms with Gasteiger partial charge in [-0.3, -0.25) is 9.36 Å². The highest BCUT2D eigenvalue weighted by atomic mass is 32.2. The lowest BCUT2D eigenvalue weighted by molar-refractivity contribution is -0.133. The van der Waals surface area contributed by atoms with Crippen LogP contribution in [0.1, 0.15) is 19.8 Å². The Morgan fingerprint density at radius 3 is 2.71 bits per heavy atom. The minimum atomic E-state index is -0.830. The second-order valence-electron chi connectivity index (χ2n) is 3.90. The summed E-state index contributed by atoms with van der Waals surface area (Å²) in [6, 6.07) is 0. The fourth-order valence-corrected chi connectivity index (χ4v) is 2.66. The number of carboxylic acids is 1. The first-order valence-corrected chi connectivity index (χ1v) is 6.73. The summed E-state index contributed by atoms with van der Waals surface area (Å²) in [6.07, 6.45) is 2.38. The molecule has 6 nitrogen and oxygen atoms in total. The summed E-state index contributed by atoms with van der Waals surface area (Å²) in [6.45, 7) is 4.82. The number of nitrogens with zero attached hydrogens (tertiary/aromatic N) is 4. The first-order valence-electron chi connectivity index (χ1n) is 5.75. The molecule has 1 aliphatic heterocycles. The van der Waals surface area contributed by atoms with Gasteiger partial charge in [0, 0.05) is 19.6 Å². The van der Waals surface area contributed by atoms with E-state index in [2.05, 4.69) is 15.1 Å². The van der Waals surface area contributed by atoms with Crippen LogP contribution in [0.2, 0.25) is 0 Å². The van der Waals surface area contributed by atoms with Crippen LogP contribution in [-0.2, 0) is 11.3 Å². The minimum Gasteiger partial charge on any atom is -0.481 e. The van der Waals surface area contributed by atoms with Gasteiger partial charge in [-0.25, -0.2) is 0 Å². The number of aliphatic carboxylic acids is 1. The molecule has 0 aliphatic carbocycles. The summed E-state index contributed by atoms with van der Waals surface area (Å²) in [5, 5.41) is 17.6. The highest BCUT2D eigenvalue weighted by molar-refractivity contribution is 7.99. The lowest BCUT2D eigenvalue weighted by Gasteiger charge is -2.16. The average Bonchev–Trinajstić information content (AvgIpc) is 2.94. The monoisotopic (exact) mass is 256 g/mol. The smallest absolute Gasteiger partial charge is 0.313 e. The Morgan fingerprint density at radius 1 is 1.41 bits per heavy atom. The van der Waals surface area contributed by atoms with E-state index in [1.807, 2.05) is 11.5 Å². The molecule has 0 spiro atoms. The molecule has 0 unspecified atom stereocenters. The van der Waals surface area contributed by atoms with Gasteiger partial charge >= 0.3 is 5.97 Å². The fraction of sp³-hybridized carbons (Fsp3) is 0.700. The standard InChI is InChI=1S/C10H16N4O2S/c1-2-14-9(13-5-3-4-6-13)11-12-10(14)17-7-8(15)16/h2-7H2,1H3,(H,15,16). The number of aromatic nitrogens is 3. The van der Waals surface area contributed by atoms with Crippen LogP contribution in [0, 0.1) is 0 Å². The van der Waals surface area contributed by atoms with Crippen LogP contribution in [0.15, 0.2) is 5.16 Å². The van der Waals surface area contributed by atoms with E-state index in [1.54, 1.807) is 0 Å². The zero-order valence-corrected chi connectivity index (χ0v) is 10.6. The summed E-state index contributed by atoms with van der Waals surface area (Å²) >= 11 is 1.22. The van der Waals surface area contributed by atoms with Crippen molar-refractivity contribution in [3.8, 4) is 0 Å². The van der Waals surface area contributed by atoms with Gasteiger partial charge in [-0.05, 0) is 19.8 Å². The van der Waals surface area contributed by atoms with Crippen LogP contribution in [0.25, 0.3) is 0 Å². The highest BCUT2D eigenvalue weighted by Gasteiger charge is 2.20. The Kier molecular flexibility index (Phi) is 3.88. The van der Waals surface area contributed by atoms with Crippen molar-refractivity contribution in [2.45, 2.75) is 31.5 Å². The van der Waals surface area contributed by atoms with Crippen molar-refractivity contribution in [1.82, 2.24) is 14.8 Å². The number of carbonyl (C=O) groups is 1. The van der Waals surface area contributed by atoms with E-state index < -0.39 is 5.97 Å². The van der Waals surface area contributed by atoms with E-state index in [9.17, 15) is 4.79 Å². The van der Waals surface area contributed by atoms with Crippen molar-refractivity contribution < 1.29 is 9.90 Å². The van der Waals surface area contributed by atoms with E-state index in [0.29, 0.717) is 5.16 Å². The largest absolute Gasteiger partial charge is 0.481 e. The molecule has 0 radical (unpaired) electrons. The zero-order chi connectivity index (χ0) is 12.3. The maximum Gasteiger partial charge on any atom is 0.313 e. The molecule has 0 amide bonds. The lowest BCUT2D eigenvalue weighted by Crippen LogP contribution is -2.22. The second-order valence-corrected chi connectivity index (χ2v) is 4.85. The van der Waals surface area contributed by atoms with E-state index in [-0.39, 0.29) is 5.75 Å². The molecule has 0 bridgehead atoms. The zero-order valence-electron chi connectivity index (χ0n) is 9.80. The second kappa shape index (κ2) is 5.39. The van der Waals surface area contributed by atoms with Gasteiger partial charge in [-0.15, -0.1) is 10.2 Å². The minimum absolute atomic E-state index is 0.0259. The van der Waals surface area contributed by atoms with Gasteiger partial charge < -0.3 is 10.0 Å². The van der Waals surface area contributed by atoms with Crippen LogP contribution in [-0.4, -0.2) is 44.7 Å². The topological polar surface area (TPSA) is 71.2 Å². The number of anilines is 1. The van der Waals surface area contributed by atoms with Crippen molar-refractivity contribution >= 4 is 23.7 Å². The van der Waals surface area contributed by atoms with Crippen molar-refractivity contribution in [2.75, 3.05) is 23.7 Å². The number of rotatable bonds is 5. The van der Waals surface area contributed by atoms with Crippen LogP contribution >= 0.6 is 11.8 Å². The molecular weight excluding hydrogens is 240 g/mol. The van der Waals surface area contributed by atoms with Gasteiger partial charge in [0.15, 0.2) is 5.16 Å². The molecule has 1 aromatic heterocycles. The lowest BCUT2D eigenvalue weighted by atomic mass is 10.4. The average molecular weight is 256 g/mol. The first-order chi connectivity index (χ1) is 8.22. The normalized spacial score (nSPS) is 15.5. The maximum atomic E-state index is 10.5. The Hall–Kier alpha value is -1.24. The first kappa shape index (κ1) is 12.2. The summed E-state index contributed by atoms with van der Waals surface area (Å²) in [7, 11) is 0. The molecule has 2 rings (SSSR count). The molecule has 1 N–H and O–H groups in total. The van der Waals surface area contributed by atoms with Crippen LogP contribution in [0.3, 0.4) is 0 Å². The molecule has 17 heavy (non-hydrogen) atoms. The van der Waals surface area contributed by atoms with Gasteiger partial charge in [0.25, 0.3) is 0 Å². The predicted molar refractivity (Wildman–Crippen MR) is 65.5 cm³/mol. The number of hydrogen-bond acceptors (Lipinski definition) is 5. The van der Waals surface area contributed by atoms with Gasteiger partial charge in [-0.2, -0.15) is 0 Å². The molecular formula is C10H16N4O2S. The summed E-state index contributed by atoms with van der Waals surface area (Å²) in [4.78, 5) is 12.8. The molecule has 94 valence electrons. The quantitative estimate of drug-likeness (QED) is 0.795. The van der Waals surface area contributed by atoms with Crippen LogP contribution in [0.5, 0.6) is 0 Å². The maximum absolute atomic E-state index is 10.5. The summed E-state index contributed by atoms with van der Waals surface area (Å²) < 4.78 is 1.99. The summed E-state index contributed by atoms with van der Waals surface area (Å²) in [5.74, 6) is 0.0688. The van der Waals surface area contributed by atoms with Crippen molar-refractivity contribution in [3.63, 3.8) is 0 Å². The van der Waals surface area contributed by atoms with Gasteiger partial charge in [0.2, 0.25) is 5.95 Å². The molecule has 1 aliphatic rings. The molecule has 0 atom stereocenters. The van der Waals surface area contributed by atoms with Crippen molar-refractivity contribution in [3.05, 3.63) is 0 Å². The SMILES string of the molecule is CCn1c(SCC(=O)O)nnc1N1CCCC1. The van der Waals surface area contributed by atoms with Crippen molar-refractivity contribution in [1.29, 1.82) is 0 Å². The van der Waals surface area contributed by atoms with E-state index in [4.69, 9.17) is 5.11 Å². The number of thioether (sulfide) groups is 1. The Bertz CT molecular complexity index is 401. The third-order valence-corrected chi connectivity index (χ3v) is 3.68. The molecule has 2 heterocycles. The van der Waals surface area contributed by atoms with Crippen LogP contribution < -0.4 is 4.90 Å². The molecule has 1 fully saturated rings. The molecule has 0 saturated carbocycles. The van der Waals surface area contributed by atoms with Crippen LogP contribution in [0.4, 0.5) is 5.95 Å². The fourth-order valence-electron chi connectivity index (χ4n) is 1.94. The number of carboxylic acid groups (broad SMARTS) is 1. The predicted octanol–water partition coefficient (Wildman–Crippen LogP) is 1.07. The molecule has 1 saturated heterocycles. The third-order valence-electron chi connectivity index (χ3n) is 2.73. The molecule has 0 aromatic carbocycles. The van der Waals surface area contributed by atoms with Gasteiger partial charge in [0.1, 0.15) is 0 Å². The molecule has 1 aromatic rings. The van der Waals surface area contributed by atoms with E-state index in [0.717, 1.165) is 25.6 Å². The van der Waals surface area contributed by atoms with Gasteiger partial charge in [-0.1, -0.05) is 11.8 Å². The van der Waals surface area contributed by atoms with E-state index >= 15 is 0 Å². The summed E-state index contributed by atoms with van der Waals surface area (Å²) in [5.41, 5.74) is 0. The Morgan fingerprint density at radius 2 is 2.12 bits per heavy atom. The van der Waals surface area contributed by atoms with Crippen molar-refractivity contribution in [2.24, 2.45) is 0 Å².